The van der Waals surface area contributed by atoms with Crippen molar-refractivity contribution in [3.63, 3.8) is 0 Å². The fraction of sp³-hybridized carbons (Fsp3) is 0.125. The standard InChI is InChI=1S/C16H14ClNO4S2/c1-2-12-8-9-13-11-16(23(17,19)20)18(15(13)10-12)24(21,22)14-6-4-3-5-7-14/h3-11H,2H2,1H3. The van der Waals surface area contributed by atoms with Crippen molar-refractivity contribution in [2.75, 3.05) is 0 Å². The van der Waals surface area contributed by atoms with Crippen molar-refractivity contribution >= 4 is 40.7 Å². The number of fused-ring (bicyclic) bond motifs is 1. The summed E-state index contributed by atoms with van der Waals surface area (Å²) in [5.74, 6) is 0. The molecule has 0 fully saturated rings. The van der Waals surface area contributed by atoms with E-state index < -0.39 is 24.1 Å². The van der Waals surface area contributed by atoms with Crippen molar-refractivity contribution in [3.05, 3.63) is 60.2 Å². The third kappa shape index (κ3) is 2.83. The summed E-state index contributed by atoms with van der Waals surface area (Å²) in [6.07, 6.45) is 0.690. The Balaban J connectivity index is 2.45. The maximum Gasteiger partial charge on any atom is 0.277 e. The Labute approximate surface area is 145 Å². The monoisotopic (exact) mass is 383 g/mol. The molecule has 0 aliphatic rings. The van der Waals surface area contributed by atoms with Gasteiger partial charge in [0.25, 0.3) is 19.1 Å². The van der Waals surface area contributed by atoms with Gasteiger partial charge in [-0.05, 0) is 36.2 Å². The van der Waals surface area contributed by atoms with E-state index in [-0.39, 0.29) is 10.4 Å². The van der Waals surface area contributed by atoms with Crippen LogP contribution in [0.4, 0.5) is 0 Å². The number of aryl methyl sites for hydroxylation is 1. The van der Waals surface area contributed by atoms with Crippen LogP contribution in [0.25, 0.3) is 10.9 Å². The van der Waals surface area contributed by atoms with E-state index in [9.17, 15) is 16.8 Å². The second-order valence-electron chi connectivity index (χ2n) is 5.25. The Bertz CT molecular complexity index is 1120. The Hall–Kier alpha value is -1.83. The SMILES string of the molecule is CCc1ccc2cc(S(=O)(=O)Cl)n(S(=O)(=O)c3ccccc3)c2c1. The van der Waals surface area contributed by atoms with Crippen LogP contribution in [0.1, 0.15) is 12.5 Å². The van der Waals surface area contributed by atoms with Crippen molar-refractivity contribution in [3.8, 4) is 0 Å². The van der Waals surface area contributed by atoms with Gasteiger partial charge in [0.05, 0.1) is 10.4 Å². The van der Waals surface area contributed by atoms with E-state index in [1.807, 2.05) is 13.0 Å². The molecule has 0 spiro atoms. The van der Waals surface area contributed by atoms with Crippen LogP contribution in [-0.4, -0.2) is 20.8 Å². The Morgan fingerprint density at radius 1 is 0.958 bits per heavy atom. The number of aromatic nitrogens is 1. The first-order valence-corrected chi connectivity index (χ1v) is 10.9. The van der Waals surface area contributed by atoms with Gasteiger partial charge in [-0.1, -0.05) is 37.3 Å². The lowest BCUT2D eigenvalue weighted by atomic mass is 10.1. The van der Waals surface area contributed by atoms with Gasteiger partial charge in [0.2, 0.25) is 0 Å². The number of rotatable bonds is 4. The lowest BCUT2D eigenvalue weighted by Gasteiger charge is -2.10. The number of halogens is 1. The molecule has 0 atom stereocenters. The molecule has 0 radical (unpaired) electrons. The smallest absolute Gasteiger partial charge is 0.221 e. The number of nitrogens with zero attached hydrogens (tertiary/aromatic N) is 1. The Kier molecular flexibility index (Phi) is 4.19. The van der Waals surface area contributed by atoms with Crippen molar-refractivity contribution in [1.82, 2.24) is 3.97 Å². The van der Waals surface area contributed by atoms with Crippen molar-refractivity contribution in [2.45, 2.75) is 23.3 Å². The van der Waals surface area contributed by atoms with Gasteiger partial charge in [0, 0.05) is 16.1 Å². The molecule has 0 aliphatic carbocycles. The molecule has 24 heavy (non-hydrogen) atoms. The molecule has 1 aromatic heterocycles. The quantitative estimate of drug-likeness (QED) is 0.647. The van der Waals surface area contributed by atoms with Crippen LogP contribution in [0.5, 0.6) is 0 Å². The van der Waals surface area contributed by atoms with Gasteiger partial charge in [-0.15, -0.1) is 0 Å². The average Bonchev–Trinajstić information content (AvgIpc) is 2.95. The highest BCUT2D eigenvalue weighted by atomic mass is 35.7. The van der Waals surface area contributed by atoms with Crippen molar-refractivity contribution in [2.24, 2.45) is 0 Å². The third-order valence-corrected chi connectivity index (χ3v) is 6.86. The van der Waals surface area contributed by atoms with Gasteiger partial charge in [-0.3, -0.25) is 0 Å². The Morgan fingerprint density at radius 3 is 2.21 bits per heavy atom. The molecule has 126 valence electrons. The number of benzene rings is 2. The average molecular weight is 384 g/mol. The van der Waals surface area contributed by atoms with E-state index in [2.05, 4.69) is 0 Å². The topological polar surface area (TPSA) is 73.2 Å². The normalized spacial score (nSPS) is 12.6. The van der Waals surface area contributed by atoms with Crippen LogP contribution in [0.2, 0.25) is 0 Å². The summed E-state index contributed by atoms with van der Waals surface area (Å²) in [6, 6.07) is 14.1. The fourth-order valence-corrected chi connectivity index (χ4v) is 5.57. The molecule has 3 rings (SSSR count). The number of hydrogen-bond donors (Lipinski definition) is 0. The van der Waals surface area contributed by atoms with Crippen LogP contribution in [0.3, 0.4) is 0 Å². The molecule has 1 heterocycles. The first-order valence-electron chi connectivity index (χ1n) is 7.15. The third-order valence-electron chi connectivity index (χ3n) is 3.73. The van der Waals surface area contributed by atoms with Gasteiger partial charge in [-0.25, -0.2) is 20.8 Å². The first kappa shape index (κ1) is 17.0. The van der Waals surface area contributed by atoms with E-state index in [1.165, 1.54) is 18.2 Å². The predicted octanol–water partition coefficient (Wildman–Crippen LogP) is 3.37. The second kappa shape index (κ2) is 5.91. The van der Waals surface area contributed by atoms with Gasteiger partial charge in [-0.2, -0.15) is 0 Å². The zero-order chi connectivity index (χ0) is 17.5. The van der Waals surface area contributed by atoms with Gasteiger partial charge >= 0.3 is 0 Å². The summed E-state index contributed by atoms with van der Waals surface area (Å²) in [6.45, 7) is 1.93. The molecule has 2 aromatic carbocycles. The predicted molar refractivity (Wildman–Crippen MR) is 93.4 cm³/mol. The van der Waals surface area contributed by atoms with Crippen molar-refractivity contribution in [1.29, 1.82) is 0 Å². The Morgan fingerprint density at radius 2 is 1.62 bits per heavy atom. The molecule has 0 N–H and O–H groups in total. The lowest BCUT2D eigenvalue weighted by Crippen LogP contribution is -2.16. The summed E-state index contributed by atoms with van der Waals surface area (Å²) in [4.78, 5) is -0.00836. The molecule has 0 amide bonds. The largest absolute Gasteiger partial charge is 0.277 e. The maximum atomic E-state index is 13.0. The van der Waals surface area contributed by atoms with Gasteiger partial charge in [0.1, 0.15) is 0 Å². The van der Waals surface area contributed by atoms with Gasteiger partial charge in [0.15, 0.2) is 5.03 Å². The van der Waals surface area contributed by atoms with Crippen LogP contribution in [-0.2, 0) is 25.5 Å². The van der Waals surface area contributed by atoms with Crippen LogP contribution in [0.15, 0.2) is 64.5 Å². The van der Waals surface area contributed by atoms with E-state index in [0.717, 1.165) is 9.54 Å². The summed E-state index contributed by atoms with van der Waals surface area (Å²) in [7, 11) is -2.87. The van der Waals surface area contributed by atoms with E-state index in [1.54, 1.807) is 30.3 Å². The first-order chi connectivity index (χ1) is 11.2. The van der Waals surface area contributed by atoms with E-state index >= 15 is 0 Å². The molecule has 0 saturated carbocycles. The minimum absolute atomic E-state index is 0.00836. The molecule has 3 aromatic rings. The molecular weight excluding hydrogens is 370 g/mol. The molecule has 8 heteroatoms. The second-order valence-corrected chi connectivity index (χ2v) is 9.55. The zero-order valence-corrected chi connectivity index (χ0v) is 15.1. The minimum atomic E-state index is -4.25. The van der Waals surface area contributed by atoms with Crippen molar-refractivity contribution < 1.29 is 16.8 Å². The molecule has 5 nitrogen and oxygen atoms in total. The lowest BCUT2D eigenvalue weighted by molar-refractivity contribution is 0.578. The highest BCUT2D eigenvalue weighted by Gasteiger charge is 2.28. The fourth-order valence-electron chi connectivity index (χ4n) is 2.53. The molecule has 0 aliphatic heterocycles. The summed E-state index contributed by atoms with van der Waals surface area (Å²) in [5, 5.41) is 0.0298. The van der Waals surface area contributed by atoms with E-state index in [0.29, 0.717) is 11.8 Å². The zero-order valence-electron chi connectivity index (χ0n) is 12.7. The summed E-state index contributed by atoms with van der Waals surface area (Å²) < 4.78 is 50.7. The number of hydrogen-bond acceptors (Lipinski definition) is 4. The van der Waals surface area contributed by atoms with Gasteiger partial charge < -0.3 is 0 Å². The highest BCUT2D eigenvalue weighted by Crippen LogP contribution is 2.31. The van der Waals surface area contributed by atoms with E-state index in [4.69, 9.17) is 10.7 Å². The summed E-state index contributed by atoms with van der Waals surface area (Å²) in [5.41, 5.74) is 1.18. The summed E-state index contributed by atoms with van der Waals surface area (Å²) >= 11 is 0. The molecule has 0 bridgehead atoms. The minimum Gasteiger partial charge on any atom is -0.221 e. The molecular formula is C16H14ClNO4S2. The highest BCUT2D eigenvalue weighted by molar-refractivity contribution is 8.14. The van der Waals surface area contributed by atoms with Crippen LogP contribution in [0, 0.1) is 0 Å². The van der Waals surface area contributed by atoms with Crippen LogP contribution < -0.4 is 0 Å². The maximum absolute atomic E-state index is 13.0. The molecule has 0 unspecified atom stereocenters. The molecule has 0 saturated heterocycles. The van der Waals surface area contributed by atoms with Crippen LogP contribution >= 0.6 is 10.7 Å².